The molecule has 0 fully saturated rings. The second-order valence-electron chi connectivity index (χ2n) is 7.56. The highest BCUT2D eigenvalue weighted by atomic mass is 16.5. The molecule has 1 N–H and O–H groups in total. The fourth-order valence-electron chi connectivity index (χ4n) is 3.21. The third kappa shape index (κ3) is 4.39. The summed E-state index contributed by atoms with van der Waals surface area (Å²) >= 11 is 0. The monoisotopic (exact) mass is 445 g/mol. The van der Waals surface area contributed by atoms with Crippen molar-refractivity contribution in [3.05, 3.63) is 66.7 Å². The number of amides is 1. The molecule has 0 saturated carbocycles. The largest absolute Gasteiger partial charge is 0.439 e. The summed E-state index contributed by atoms with van der Waals surface area (Å²) in [5.41, 5.74) is 1.42. The van der Waals surface area contributed by atoms with E-state index < -0.39 is 0 Å². The molecule has 0 saturated heterocycles. The Morgan fingerprint density at radius 3 is 2.88 bits per heavy atom. The second-order valence-corrected chi connectivity index (χ2v) is 7.56. The molecule has 0 radical (unpaired) electrons. The number of carbonyl (C=O) groups is 1. The Bertz CT molecular complexity index is 1410. The summed E-state index contributed by atoms with van der Waals surface area (Å²) in [7, 11) is 0. The Labute approximate surface area is 187 Å². The van der Waals surface area contributed by atoms with Crippen molar-refractivity contribution in [2.45, 2.75) is 26.3 Å². The van der Waals surface area contributed by atoms with Gasteiger partial charge in [0.15, 0.2) is 5.82 Å². The van der Waals surface area contributed by atoms with Gasteiger partial charge in [0, 0.05) is 29.6 Å². The van der Waals surface area contributed by atoms with Crippen LogP contribution >= 0.6 is 0 Å². The summed E-state index contributed by atoms with van der Waals surface area (Å²) in [5.74, 6) is 2.21. The van der Waals surface area contributed by atoms with Crippen LogP contribution in [-0.2, 0) is 6.54 Å². The Morgan fingerprint density at radius 1 is 1.18 bits per heavy atom. The highest BCUT2D eigenvalue weighted by Crippen LogP contribution is 2.26. The van der Waals surface area contributed by atoms with Crippen molar-refractivity contribution < 1.29 is 14.1 Å². The van der Waals surface area contributed by atoms with Gasteiger partial charge in [-0.15, -0.1) is 5.10 Å². The number of aromatic nitrogens is 8. The minimum Gasteiger partial charge on any atom is -0.439 e. The van der Waals surface area contributed by atoms with Gasteiger partial charge in [0.1, 0.15) is 24.2 Å². The van der Waals surface area contributed by atoms with E-state index in [9.17, 15) is 4.79 Å². The van der Waals surface area contributed by atoms with E-state index in [1.54, 1.807) is 35.1 Å². The lowest BCUT2D eigenvalue weighted by atomic mass is 10.2. The van der Waals surface area contributed by atoms with Crippen LogP contribution in [0.4, 0.5) is 10.6 Å². The second kappa shape index (κ2) is 8.49. The van der Waals surface area contributed by atoms with Gasteiger partial charge in [-0.3, -0.25) is 9.88 Å². The zero-order chi connectivity index (χ0) is 22.8. The fourth-order valence-corrected chi connectivity index (χ4v) is 3.21. The number of benzene rings is 1. The third-order valence-electron chi connectivity index (χ3n) is 4.85. The maximum Gasteiger partial charge on any atom is 0.331 e. The van der Waals surface area contributed by atoms with Crippen LogP contribution < -0.4 is 10.1 Å². The fraction of sp³-hybridized carbons (Fsp3) is 0.190. The molecule has 0 aliphatic heterocycles. The molecule has 5 aromatic rings. The third-order valence-corrected chi connectivity index (χ3v) is 4.85. The van der Waals surface area contributed by atoms with E-state index in [2.05, 4.69) is 36.0 Å². The van der Waals surface area contributed by atoms with Gasteiger partial charge in [0.2, 0.25) is 5.88 Å². The van der Waals surface area contributed by atoms with E-state index in [-0.39, 0.29) is 11.9 Å². The summed E-state index contributed by atoms with van der Waals surface area (Å²) < 4.78 is 14.2. The molecule has 4 heterocycles. The predicted molar refractivity (Wildman–Crippen MR) is 116 cm³/mol. The average Bonchev–Trinajstić information content (AvgIpc) is 3.54. The number of rotatable bonds is 6. The molecular formula is C21H19N9O3. The molecule has 33 heavy (non-hydrogen) atoms. The van der Waals surface area contributed by atoms with Crippen LogP contribution in [0, 0.1) is 0 Å². The molecule has 0 bridgehead atoms. The molecule has 0 spiro atoms. The van der Waals surface area contributed by atoms with Crippen LogP contribution in [0.15, 0.2) is 59.8 Å². The molecular weight excluding hydrogens is 426 g/mol. The van der Waals surface area contributed by atoms with Crippen molar-refractivity contribution in [2.75, 3.05) is 5.32 Å². The van der Waals surface area contributed by atoms with Crippen LogP contribution in [0.25, 0.3) is 10.9 Å². The summed E-state index contributed by atoms with van der Waals surface area (Å²) in [6.07, 6.45) is 4.61. The molecule has 1 aromatic carbocycles. The van der Waals surface area contributed by atoms with E-state index >= 15 is 0 Å². The first-order valence-electron chi connectivity index (χ1n) is 10.1. The molecule has 12 heteroatoms. The van der Waals surface area contributed by atoms with Crippen molar-refractivity contribution in [3.63, 3.8) is 0 Å². The lowest BCUT2D eigenvalue weighted by molar-refractivity contribution is 0.254. The summed E-state index contributed by atoms with van der Waals surface area (Å²) in [6.45, 7) is 4.37. The highest BCUT2D eigenvalue weighted by Gasteiger charge is 2.14. The van der Waals surface area contributed by atoms with Gasteiger partial charge in [-0.25, -0.2) is 19.4 Å². The molecule has 0 unspecified atom stereocenters. The maximum atomic E-state index is 12.7. The maximum absolute atomic E-state index is 12.7. The van der Waals surface area contributed by atoms with Crippen molar-refractivity contribution >= 4 is 22.8 Å². The van der Waals surface area contributed by atoms with E-state index in [0.717, 1.165) is 10.9 Å². The van der Waals surface area contributed by atoms with E-state index in [1.807, 2.05) is 26.0 Å². The number of nitrogens with zero attached hydrogens (tertiary/aromatic N) is 8. The van der Waals surface area contributed by atoms with Crippen molar-refractivity contribution in [1.29, 1.82) is 0 Å². The van der Waals surface area contributed by atoms with Crippen molar-refractivity contribution in [3.8, 4) is 11.6 Å². The summed E-state index contributed by atoms with van der Waals surface area (Å²) in [5, 5.41) is 18.5. The number of hydrogen-bond acceptors (Lipinski definition) is 9. The molecule has 0 aliphatic rings. The highest BCUT2D eigenvalue weighted by molar-refractivity contribution is 5.98. The summed E-state index contributed by atoms with van der Waals surface area (Å²) in [6, 6.07) is 10.3. The van der Waals surface area contributed by atoms with Crippen LogP contribution in [0.1, 0.15) is 31.2 Å². The Morgan fingerprint density at radius 2 is 2.09 bits per heavy atom. The molecule has 5 rings (SSSR count). The topological polar surface area (TPSA) is 139 Å². The van der Waals surface area contributed by atoms with Gasteiger partial charge in [-0.2, -0.15) is 0 Å². The molecule has 0 atom stereocenters. The zero-order valence-electron chi connectivity index (χ0n) is 17.8. The molecule has 1 amide bonds. The normalized spacial score (nSPS) is 11.2. The SMILES string of the molecule is CC(C)c1cc(NC(=O)n2ccc3cc(Oc4cc(Cn5cnnn5)ncn4)ccc32)no1. The minimum absolute atomic E-state index is 0.180. The van der Waals surface area contributed by atoms with Gasteiger partial charge >= 0.3 is 6.03 Å². The molecule has 166 valence electrons. The Kier molecular flexibility index (Phi) is 5.23. The lowest BCUT2D eigenvalue weighted by Crippen LogP contribution is -2.18. The zero-order valence-corrected chi connectivity index (χ0v) is 17.8. The number of carbonyl (C=O) groups excluding carboxylic acids is 1. The van der Waals surface area contributed by atoms with Crippen molar-refractivity contribution in [2.24, 2.45) is 0 Å². The molecule has 12 nitrogen and oxygen atoms in total. The Hall–Kier alpha value is -4.61. The van der Waals surface area contributed by atoms with Crippen LogP contribution in [0.2, 0.25) is 0 Å². The van der Waals surface area contributed by atoms with E-state index in [1.165, 1.54) is 17.2 Å². The van der Waals surface area contributed by atoms with Gasteiger partial charge in [0.05, 0.1) is 17.8 Å². The number of nitrogens with one attached hydrogen (secondary N) is 1. The van der Waals surface area contributed by atoms with Crippen molar-refractivity contribution in [1.82, 2.24) is 39.9 Å². The van der Waals surface area contributed by atoms with Gasteiger partial charge in [-0.1, -0.05) is 19.0 Å². The summed E-state index contributed by atoms with van der Waals surface area (Å²) in [4.78, 5) is 21.1. The molecule has 0 aliphatic carbocycles. The van der Waals surface area contributed by atoms with Crippen LogP contribution in [0.3, 0.4) is 0 Å². The Balaban J connectivity index is 1.31. The van der Waals surface area contributed by atoms with Gasteiger partial charge in [0.25, 0.3) is 0 Å². The van der Waals surface area contributed by atoms with Gasteiger partial charge in [-0.05, 0) is 34.7 Å². The number of fused-ring (bicyclic) bond motifs is 1. The number of ether oxygens (including phenoxy) is 1. The number of hydrogen-bond donors (Lipinski definition) is 1. The standard InChI is InChI=1S/C21H19N9O3/c1-13(2)18-9-19(26-33-18)25-21(31)30-6-5-14-7-16(3-4-17(14)30)32-20-8-15(22-11-23-20)10-29-12-24-27-28-29/h3-9,11-13H,10H2,1-2H3,(H,25,26,31). The first kappa shape index (κ1) is 20.3. The van der Waals surface area contributed by atoms with E-state index in [4.69, 9.17) is 9.26 Å². The van der Waals surface area contributed by atoms with Gasteiger partial charge < -0.3 is 9.26 Å². The van der Waals surface area contributed by atoms with E-state index in [0.29, 0.717) is 35.4 Å². The number of anilines is 1. The molecule has 4 aromatic heterocycles. The minimum atomic E-state index is -0.342. The quantitative estimate of drug-likeness (QED) is 0.416. The first-order valence-corrected chi connectivity index (χ1v) is 10.1. The first-order chi connectivity index (χ1) is 16.0. The smallest absolute Gasteiger partial charge is 0.331 e. The predicted octanol–water partition coefficient (Wildman–Crippen LogP) is 3.45. The van der Waals surface area contributed by atoms with Crippen LogP contribution in [0.5, 0.6) is 11.6 Å². The average molecular weight is 445 g/mol. The van der Waals surface area contributed by atoms with Crippen LogP contribution in [-0.4, -0.2) is 45.9 Å². The lowest BCUT2D eigenvalue weighted by Gasteiger charge is -2.07. The number of tetrazole rings is 1.